The van der Waals surface area contributed by atoms with E-state index in [4.69, 9.17) is 4.42 Å². The monoisotopic (exact) mass is 438 g/mol. The van der Waals surface area contributed by atoms with E-state index in [-0.39, 0.29) is 34.2 Å². The molecule has 0 spiro atoms. The van der Waals surface area contributed by atoms with E-state index >= 15 is 0 Å². The second-order valence-electron chi connectivity index (χ2n) is 9.22. The number of halogens is 2. The standard InChI is InChI=1S/C24H24F2N4O2/c1-4-30(22(31)19-11-32-13-27-19)12-24-9-8-15(23(24,2)3)14-10-18(28-29-21(14)24)20-16(25)6-5-7-17(20)26/h5-7,10-11,13,15H,4,8-9,12H2,1-3H3/t15-,24-/m0/s1. The second-order valence-corrected chi connectivity index (χ2v) is 9.22. The zero-order chi connectivity index (χ0) is 22.7. The van der Waals surface area contributed by atoms with Crippen LogP contribution in [0, 0.1) is 17.0 Å². The normalized spacial score (nSPS) is 22.7. The molecule has 0 unspecified atom stereocenters. The molecule has 0 aliphatic heterocycles. The summed E-state index contributed by atoms with van der Waals surface area (Å²) in [6.45, 7) is 7.27. The number of oxazole rings is 1. The SMILES string of the molecule is CCN(C[C@@]12CC[C@@H](c3cc(-c4c(F)cccc4F)nnc31)C2(C)C)C(=O)c1cocn1. The molecule has 0 N–H and O–H groups in total. The number of aromatic nitrogens is 3. The number of carbonyl (C=O) groups is 1. The summed E-state index contributed by atoms with van der Waals surface area (Å²) in [6.07, 6.45) is 4.38. The van der Waals surface area contributed by atoms with Gasteiger partial charge in [-0.3, -0.25) is 4.79 Å². The molecule has 3 aromatic rings. The van der Waals surface area contributed by atoms with Crippen molar-refractivity contribution >= 4 is 5.91 Å². The number of fused-ring (bicyclic) bond motifs is 5. The third-order valence-electron chi connectivity index (χ3n) is 7.62. The third kappa shape index (κ3) is 2.74. The predicted octanol–water partition coefficient (Wildman–Crippen LogP) is 4.73. The van der Waals surface area contributed by atoms with Crippen LogP contribution < -0.4 is 0 Å². The first-order valence-electron chi connectivity index (χ1n) is 10.8. The van der Waals surface area contributed by atoms with Gasteiger partial charge in [-0.1, -0.05) is 19.9 Å². The molecule has 166 valence electrons. The van der Waals surface area contributed by atoms with Crippen LogP contribution in [0.1, 0.15) is 61.3 Å². The molecule has 2 atom stereocenters. The fraction of sp³-hybridized carbons (Fsp3) is 0.417. The second kappa shape index (κ2) is 7.18. The number of nitrogens with zero attached hydrogens (tertiary/aromatic N) is 4. The van der Waals surface area contributed by atoms with E-state index in [9.17, 15) is 13.6 Å². The van der Waals surface area contributed by atoms with Crippen LogP contribution >= 0.6 is 0 Å². The molecule has 1 aromatic carbocycles. The summed E-state index contributed by atoms with van der Waals surface area (Å²) in [5.74, 6) is -1.35. The lowest BCUT2D eigenvalue weighted by Crippen LogP contribution is -2.48. The summed E-state index contributed by atoms with van der Waals surface area (Å²) >= 11 is 0. The van der Waals surface area contributed by atoms with Gasteiger partial charge in [0.25, 0.3) is 5.91 Å². The highest BCUT2D eigenvalue weighted by molar-refractivity contribution is 5.92. The van der Waals surface area contributed by atoms with E-state index in [1.54, 1.807) is 11.0 Å². The zero-order valence-corrected chi connectivity index (χ0v) is 18.2. The summed E-state index contributed by atoms with van der Waals surface area (Å²) < 4.78 is 33.7. The van der Waals surface area contributed by atoms with Crippen molar-refractivity contribution < 1.29 is 18.0 Å². The number of likely N-dealkylation sites (N-methyl/N-ethyl adjacent to an activating group) is 1. The third-order valence-corrected chi connectivity index (χ3v) is 7.62. The molecule has 1 saturated carbocycles. The van der Waals surface area contributed by atoms with Gasteiger partial charge in [-0.25, -0.2) is 13.8 Å². The fourth-order valence-corrected chi connectivity index (χ4v) is 5.77. The van der Waals surface area contributed by atoms with E-state index in [0.29, 0.717) is 13.1 Å². The number of hydrogen-bond donors (Lipinski definition) is 0. The maximum Gasteiger partial charge on any atom is 0.275 e. The smallest absolute Gasteiger partial charge is 0.275 e. The lowest BCUT2D eigenvalue weighted by molar-refractivity contribution is 0.0646. The number of amides is 1. The average Bonchev–Trinajstić information content (AvgIpc) is 3.43. The van der Waals surface area contributed by atoms with Gasteiger partial charge in [-0.2, -0.15) is 10.2 Å². The Morgan fingerprint density at radius 3 is 2.66 bits per heavy atom. The van der Waals surface area contributed by atoms with Gasteiger partial charge in [0.1, 0.15) is 17.9 Å². The zero-order valence-electron chi connectivity index (χ0n) is 18.2. The highest BCUT2D eigenvalue weighted by atomic mass is 19.1. The molecule has 2 heterocycles. The molecule has 2 aliphatic rings. The Kier molecular flexibility index (Phi) is 4.65. The van der Waals surface area contributed by atoms with E-state index in [1.165, 1.54) is 30.9 Å². The molecule has 1 amide bonds. The highest BCUT2D eigenvalue weighted by Gasteiger charge is 2.64. The van der Waals surface area contributed by atoms with Gasteiger partial charge in [0.2, 0.25) is 0 Å². The minimum Gasteiger partial charge on any atom is -0.451 e. The van der Waals surface area contributed by atoms with Crippen LogP contribution in [0.3, 0.4) is 0 Å². The molecule has 2 aromatic heterocycles. The van der Waals surface area contributed by atoms with Gasteiger partial charge in [0, 0.05) is 18.5 Å². The number of rotatable bonds is 5. The van der Waals surface area contributed by atoms with Crippen LogP contribution in [0.25, 0.3) is 11.3 Å². The van der Waals surface area contributed by atoms with E-state index in [2.05, 4.69) is 29.0 Å². The summed E-state index contributed by atoms with van der Waals surface area (Å²) in [5.41, 5.74) is 1.50. The minimum absolute atomic E-state index is 0.158. The maximum absolute atomic E-state index is 14.4. The molecule has 8 heteroatoms. The van der Waals surface area contributed by atoms with Crippen molar-refractivity contribution in [3.63, 3.8) is 0 Å². The summed E-state index contributed by atoms with van der Waals surface area (Å²) in [7, 11) is 0. The van der Waals surface area contributed by atoms with Crippen molar-refractivity contribution in [1.82, 2.24) is 20.1 Å². The molecule has 2 bridgehead atoms. The van der Waals surface area contributed by atoms with Gasteiger partial charge < -0.3 is 9.32 Å². The highest BCUT2D eigenvalue weighted by Crippen LogP contribution is 2.67. The van der Waals surface area contributed by atoms with Crippen molar-refractivity contribution in [2.45, 2.75) is 44.9 Å². The molecule has 6 nitrogen and oxygen atoms in total. The van der Waals surface area contributed by atoms with Crippen molar-refractivity contribution in [3.05, 3.63) is 65.5 Å². The quantitative estimate of drug-likeness (QED) is 0.576. The Bertz CT molecular complexity index is 1170. The van der Waals surface area contributed by atoms with Crippen molar-refractivity contribution in [2.24, 2.45) is 5.41 Å². The molecule has 2 aliphatic carbocycles. The van der Waals surface area contributed by atoms with E-state index in [0.717, 1.165) is 24.1 Å². The van der Waals surface area contributed by atoms with Crippen molar-refractivity contribution in [2.75, 3.05) is 13.1 Å². The number of benzene rings is 1. The predicted molar refractivity (Wildman–Crippen MR) is 113 cm³/mol. The minimum atomic E-state index is -0.660. The Labute approximate surface area is 184 Å². The first kappa shape index (κ1) is 20.7. The van der Waals surface area contributed by atoms with Gasteiger partial charge in [0.15, 0.2) is 12.1 Å². The average molecular weight is 438 g/mol. The lowest BCUT2D eigenvalue weighted by Gasteiger charge is -2.41. The van der Waals surface area contributed by atoms with Crippen LogP contribution in [-0.2, 0) is 5.41 Å². The fourth-order valence-electron chi connectivity index (χ4n) is 5.77. The Morgan fingerprint density at radius 2 is 2.00 bits per heavy atom. The molecule has 5 rings (SSSR count). The Morgan fingerprint density at radius 1 is 1.25 bits per heavy atom. The first-order chi connectivity index (χ1) is 15.3. The lowest BCUT2D eigenvalue weighted by atomic mass is 9.68. The Balaban J connectivity index is 1.57. The molecule has 32 heavy (non-hydrogen) atoms. The summed E-state index contributed by atoms with van der Waals surface area (Å²) in [5, 5.41) is 8.76. The van der Waals surface area contributed by atoms with Crippen molar-refractivity contribution in [3.8, 4) is 11.3 Å². The van der Waals surface area contributed by atoms with Crippen molar-refractivity contribution in [1.29, 1.82) is 0 Å². The molecule has 1 fully saturated rings. The molecule has 0 radical (unpaired) electrons. The molecular weight excluding hydrogens is 414 g/mol. The van der Waals surface area contributed by atoms with Crippen LogP contribution in [-0.4, -0.2) is 39.1 Å². The maximum atomic E-state index is 14.4. The summed E-state index contributed by atoms with van der Waals surface area (Å²) in [6, 6.07) is 5.56. The van der Waals surface area contributed by atoms with Gasteiger partial charge in [-0.05, 0) is 54.9 Å². The number of carbonyl (C=O) groups excluding carboxylic acids is 1. The van der Waals surface area contributed by atoms with Crippen LogP contribution in [0.4, 0.5) is 8.78 Å². The summed E-state index contributed by atoms with van der Waals surface area (Å²) in [4.78, 5) is 18.8. The van der Waals surface area contributed by atoms with Gasteiger partial charge in [0.05, 0.1) is 17.0 Å². The Hall–Kier alpha value is -3.16. The largest absolute Gasteiger partial charge is 0.451 e. The van der Waals surface area contributed by atoms with Crippen LogP contribution in [0.2, 0.25) is 0 Å². The van der Waals surface area contributed by atoms with E-state index < -0.39 is 17.0 Å². The first-order valence-corrected chi connectivity index (χ1v) is 10.8. The number of hydrogen-bond acceptors (Lipinski definition) is 5. The van der Waals surface area contributed by atoms with Crippen LogP contribution in [0.5, 0.6) is 0 Å². The molecule has 0 saturated heterocycles. The van der Waals surface area contributed by atoms with Gasteiger partial charge >= 0.3 is 0 Å². The topological polar surface area (TPSA) is 72.1 Å². The van der Waals surface area contributed by atoms with Crippen LogP contribution in [0.15, 0.2) is 41.3 Å². The molecular formula is C24H24F2N4O2. The van der Waals surface area contributed by atoms with E-state index in [1.807, 2.05) is 6.92 Å². The van der Waals surface area contributed by atoms with Gasteiger partial charge in [-0.15, -0.1) is 0 Å².